The second-order valence-electron chi connectivity index (χ2n) is 5.29. The summed E-state index contributed by atoms with van der Waals surface area (Å²) in [5.41, 5.74) is 1.33. The quantitative estimate of drug-likeness (QED) is 0.446. The first-order valence-corrected chi connectivity index (χ1v) is 9.25. The van der Waals surface area contributed by atoms with Crippen molar-refractivity contribution in [2.45, 2.75) is 51.9 Å². The molecule has 0 aliphatic rings. The maximum atomic E-state index is 3.49. The summed E-state index contributed by atoms with van der Waals surface area (Å²) in [6, 6.07) is 13.2. The van der Waals surface area contributed by atoms with Crippen LogP contribution in [-0.4, -0.2) is 0 Å². The number of unbranched alkanes of at least 4 members (excludes halogenated alkanes) is 5. The Hall–Kier alpha value is -0.600. The van der Waals surface area contributed by atoms with E-state index in [-0.39, 0.29) is 0 Å². The molecule has 20 heavy (non-hydrogen) atoms. The highest BCUT2D eigenvalue weighted by Gasteiger charge is 2.03. The van der Waals surface area contributed by atoms with E-state index in [9.17, 15) is 0 Å². The van der Waals surface area contributed by atoms with Gasteiger partial charge in [0.15, 0.2) is 0 Å². The van der Waals surface area contributed by atoms with E-state index in [0.717, 1.165) is 4.47 Å². The van der Waals surface area contributed by atoms with Crippen molar-refractivity contribution in [3.63, 3.8) is 0 Å². The molecule has 0 atom stereocenters. The molecule has 0 saturated carbocycles. The Morgan fingerprint density at radius 3 is 2.30 bits per heavy atom. The Balaban J connectivity index is 1.79. The molecule has 2 rings (SSSR count). The average Bonchev–Trinajstić information content (AvgIpc) is 2.92. The Morgan fingerprint density at radius 1 is 0.850 bits per heavy atom. The predicted molar refractivity (Wildman–Crippen MR) is 94.5 cm³/mol. The van der Waals surface area contributed by atoms with Gasteiger partial charge in [-0.25, -0.2) is 0 Å². The Bertz CT molecular complexity index is 498. The topological polar surface area (TPSA) is 0 Å². The fraction of sp³-hybridized carbons (Fsp3) is 0.444. The fourth-order valence-corrected chi connectivity index (χ4v) is 3.68. The van der Waals surface area contributed by atoms with Gasteiger partial charge in [-0.15, -0.1) is 11.3 Å². The summed E-state index contributed by atoms with van der Waals surface area (Å²) in [5.74, 6) is 0. The van der Waals surface area contributed by atoms with Gasteiger partial charge in [-0.05, 0) is 42.7 Å². The molecule has 1 aromatic carbocycles. The summed E-state index contributed by atoms with van der Waals surface area (Å²) < 4.78 is 1.14. The second kappa shape index (κ2) is 8.63. The van der Waals surface area contributed by atoms with Crippen LogP contribution >= 0.6 is 27.3 Å². The van der Waals surface area contributed by atoms with Crippen LogP contribution < -0.4 is 0 Å². The van der Waals surface area contributed by atoms with Gasteiger partial charge in [0.1, 0.15) is 0 Å². The lowest BCUT2D eigenvalue weighted by Crippen LogP contribution is -1.82. The van der Waals surface area contributed by atoms with Crippen molar-refractivity contribution in [2.75, 3.05) is 0 Å². The number of benzene rings is 1. The molecule has 0 nitrogen and oxygen atoms in total. The van der Waals surface area contributed by atoms with Gasteiger partial charge in [0.2, 0.25) is 0 Å². The molecule has 0 saturated heterocycles. The zero-order valence-electron chi connectivity index (χ0n) is 12.2. The minimum Gasteiger partial charge on any atom is -0.140 e. The van der Waals surface area contributed by atoms with Crippen LogP contribution in [0.25, 0.3) is 10.4 Å². The van der Waals surface area contributed by atoms with Crippen molar-refractivity contribution in [2.24, 2.45) is 0 Å². The van der Waals surface area contributed by atoms with Crippen LogP contribution in [0.2, 0.25) is 0 Å². The van der Waals surface area contributed by atoms with Gasteiger partial charge in [0.05, 0.1) is 0 Å². The number of aryl methyl sites for hydroxylation is 1. The largest absolute Gasteiger partial charge is 0.140 e. The Kier molecular flexibility index (Phi) is 6.81. The van der Waals surface area contributed by atoms with Crippen LogP contribution in [0, 0.1) is 0 Å². The average molecular weight is 351 g/mol. The molecule has 0 unspecified atom stereocenters. The van der Waals surface area contributed by atoms with Crippen LogP contribution in [0.4, 0.5) is 0 Å². The molecule has 0 N–H and O–H groups in total. The second-order valence-corrected chi connectivity index (χ2v) is 7.37. The van der Waals surface area contributed by atoms with Crippen LogP contribution in [-0.2, 0) is 6.42 Å². The number of halogens is 1. The van der Waals surface area contributed by atoms with Crippen molar-refractivity contribution < 1.29 is 0 Å². The molecular formula is C18H23BrS. The molecule has 0 spiro atoms. The van der Waals surface area contributed by atoms with E-state index in [2.05, 4.69) is 59.3 Å². The number of thiophene rings is 1. The van der Waals surface area contributed by atoms with Gasteiger partial charge in [0.25, 0.3) is 0 Å². The third-order valence-corrected chi connectivity index (χ3v) is 5.29. The predicted octanol–water partition coefficient (Wildman–Crippen LogP) is 7.08. The van der Waals surface area contributed by atoms with E-state index in [0.29, 0.717) is 0 Å². The summed E-state index contributed by atoms with van der Waals surface area (Å²) in [7, 11) is 0. The summed E-state index contributed by atoms with van der Waals surface area (Å²) >= 11 is 5.43. The first-order valence-electron chi connectivity index (χ1n) is 7.64. The maximum Gasteiger partial charge on any atom is 0.0345 e. The normalized spacial score (nSPS) is 10.9. The van der Waals surface area contributed by atoms with Crippen molar-refractivity contribution in [1.82, 2.24) is 0 Å². The van der Waals surface area contributed by atoms with Gasteiger partial charge in [0, 0.05) is 14.2 Å². The highest BCUT2D eigenvalue weighted by molar-refractivity contribution is 9.10. The van der Waals surface area contributed by atoms with Crippen LogP contribution in [0.5, 0.6) is 0 Å². The van der Waals surface area contributed by atoms with Gasteiger partial charge >= 0.3 is 0 Å². The first-order chi connectivity index (χ1) is 9.79. The van der Waals surface area contributed by atoms with Crippen molar-refractivity contribution in [3.8, 4) is 10.4 Å². The molecule has 0 bridgehead atoms. The minimum atomic E-state index is 1.14. The van der Waals surface area contributed by atoms with Crippen molar-refractivity contribution in [3.05, 3.63) is 45.7 Å². The minimum absolute atomic E-state index is 1.14. The lowest BCUT2D eigenvalue weighted by atomic mass is 10.1. The van der Waals surface area contributed by atoms with E-state index in [1.54, 1.807) is 0 Å². The number of hydrogen-bond acceptors (Lipinski definition) is 1. The van der Waals surface area contributed by atoms with E-state index < -0.39 is 0 Å². The molecule has 0 radical (unpaired) electrons. The van der Waals surface area contributed by atoms with E-state index in [1.807, 2.05) is 11.3 Å². The lowest BCUT2D eigenvalue weighted by Gasteiger charge is -2.00. The Labute approximate surface area is 135 Å². The zero-order valence-corrected chi connectivity index (χ0v) is 14.6. The van der Waals surface area contributed by atoms with Gasteiger partial charge < -0.3 is 0 Å². The van der Waals surface area contributed by atoms with Crippen LogP contribution in [0.3, 0.4) is 0 Å². The van der Waals surface area contributed by atoms with Crippen molar-refractivity contribution >= 4 is 27.3 Å². The number of hydrogen-bond donors (Lipinski definition) is 0. The van der Waals surface area contributed by atoms with Gasteiger partial charge in [-0.1, -0.05) is 67.1 Å². The summed E-state index contributed by atoms with van der Waals surface area (Å²) in [5, 5.41) is 0. The molecule has 2 aromatic rings. The zero-order chi connectivity index (χ0) is 14.2. The Morgan fingerprint density at radius 2 is 1.55 bits per heavy atom. The monoisotopic (exact) mass is 350 g/mol. The maximum absolute atomic E-state index is 3.49. The molecule has 1 aromatic heterocycles. The SMILES string of the molecule is CCCCCCCCc1ccc(-c2ccc(Br)cc2)s1. The molecule has 108 valence electrons. The molecular weight excluding hydrogens is 328 g/mol. The third-order valence-electron chi connectivity index (χ3n) is 3.57. The van der Waals surface area contributed by atoms with Crippen molar-refractivity contribution in [1.29, 1.82) is 0 Å². The smallest absolute Gasteiger partial charge is 0.0345 e. The molecule has 0 aliphatic heterocycles. The highest BCUT2D eigenvalue weighted by Crippen LogP contribution is 2.30. The summed E-state index contributed by atoms with van der Waals surface area (Å²) in [4.78, 5) is 2.91. The van der Waals surface area contributed by atoms with Crippen LogP contribution in [0.15, 0.2) is 40.9 Å². The molecule has 0 fully saturated rings. The summed E-state index contributed by atoms with van der Waals surface area (Å²) in [6.07, 6.45) is 9.50. The van der Waals surface area contributed by atoms with Crippen LogP contribution in [0.1, 0.15) is 50.3 Å². The lowest BCUT2D eigenvalue weighted by molar-refractivity contribution is 0.609. The van der Waals surface area contributed by atoms with Gasteiger partial charge in [-0.3, -0.25) is 0 Å². The van der Waals surface area contributed by atoms with E-state index >= 15 is 0 Å². The highest BCUT2D eigenvalue weighted by atomic mass is 79.9. The fourth-order valence-electron chi connectivity index (χ4n) is 2.36. The molecule has 1 heterocycles. The first kappa shape index (κ1) is 15.8. The molecule has 0 amide bonds. The standard InChI is InChI=1S/C18H23BrS/c1-2-3-4-5-6-7-8-17-13-14-18(20-17)15-9-11-16(19)12-10-15/h9-14H,2-8H2,1H3. The van der Waals surface area contributed by atoms with E-state index in [4.69, 9.17) is 0 Å². The third kappa shape index (κ3) is 5.06. The molecule has 2 heteroatoms. The number of rotatable bonds is 8. The van der Waals surface area contributed by atoms with E-state index in [1.165, 1.54) is 60.3 Å². The van der Waals surface area contributed by atoms with Gasteiger partial charge in [-0.2, -0.15) is 0 Å². The summed E-state index contributed by atoms with van der Waals surface area (Å²) in [6.45, 7) is 2.27. The molecule has 0 aliphatic carbocycles.